The third-order valence-electron chi connectivity index (χ3n) is 4.70. The number of piperazine rings is 1. The van der Waals surface area contributed by atoms with Gasteiger partial charge in [0.25, 0.3) is 0 Å². The van der Waals surface area contributed by atoms with Crippen molar-refractivity contribution in [1.29, 1.82) is 0 Å². The first-order valence-electron chi connectivity index (χ1n) is 7.90. The van der Waals surface area contributed by atoms with Gasteiger partial charge in [0.05, 0.1) is 23.5 Å². The van der Waals surface area contributed by atoms with Crippen LogP contribution in [0.4, 0.5) is 0 Å². The van der Waals surface area contributed by atoms with Crippen LogP contribution in [0.25, 0.3) is 0 Å². The Bertz CT molecular complexity index is 782. The molecule has 0 unspecified atom stereocenters. The van der Waals surface area contributed by atoms with Crippen LogP contribution < -0.4 is 4.74 Å². The monoisotopic (exact) mass is 374 g/mol. The third-order valence-corrected chi connectivity index (χ3v) is 8.36. The zero-order chi connectivity index (χ0) is 17.4. The van der Waals surface area contributed by atoms with E-state index in [-0.39, 0.29) is 22.4 Å². The summed E-state index contributed by atoms with van der Waals surface area (Å²) in [4.78, 5) is 2.35. The molecular formula is C15H22N2O5S2. The molecule has 0 spiro atoms. The minimum atomic E-state index is -3.52. The third kappa shape index (κ3) is 3.58. The Morgan fingerprint density at radius 3 is 2.21 bits per heavy atom. The van der Waals surface area contributed by atoms with Crippen LogP contribution in [0.15, 0.2) is 29.2 Å². The van der Waals surface area contributed by atoms with E-state index in [1.54, 1.807) is 24.3 Å². The van der Waals surface area contributed by atoms with Crippen LogP contribution in [-0.2, 0) is 19.9 Å². The van der Waals surface area contributed by atoms with Gasteiger partial charge in [-0.05, 0) is 30.7 Å². The molecule has 9 heteroatoms. The standard InChI is InChI=1S/C15H22N2O5S2/c1-22-14-2-4-15(5-3-14)24(20,21)17-9-7-16(8-10-17)13-6-11-23(18,19)12-13/h2-5,13H,6-12H2,1H3/t13-/m1/s1. The molecule has 1 aromatic carbocycles. The van der Waals surface area contributed by atoms with Gasteiger partial charge in [-0.2, -0.15) is 4.31 Å². The first-order chi connectivity index (χ1) is 11.3. The van der Waals surface area contributed by atoms with Gasteiger partial charge in [0.1, 0.15) is 5.75 Å². The normalized spacial score (nSPS) is 25.6. The fourth-order valence-electron chi connectivity index (χ4n) is 3.27. The van der Waals surface area contributed by atoms with Crippen LogP contribution in [0.3, 0.4) is 0 Å². The summed E-state index contributed by atoms with van der Waals surface area (Å²) < 4.78 is 55.1. The fourth-order valence-corrected chi connectivity index (χ4v) is 6.45. The zero-order valence-corrected chi connectivity index (χ0v) is 15.2. The summed E-state index contributed by atoms with van der Waals surface area (Å²) in [5, 5.41) is 0. The Hall–Kier alpha value is -1.16. The molecule has 0 bridgehead atoms. The smallest absolute Gasteiger partial charge is 0.243 e. The lowest BCUT2D eigenvalue weighted by atomic mass is 10.2. The number of hydrogen-bond acceptors (Lipinski definition) is 6. The molecule has 2 heterocycles. The van der Waals surface area contributed by atoms with Gasteiger partial charge in [-0.15, -0.1) is 0 Å². The number of methoxy groups -OCH3 is 1. The highest BCUT2D eigenvalue weighted by atomic mass is 32.2. The fraction of sp³-hybridized carbons (Fsp3) is 0.600. The second-order valence-electron chi connectivity index (χ2n) is 6.17. The second-order valence-corrected chi connectivity index (χ2v) is 10.3. The molecule has 2 aliphatic heterocycles. The maximum Gasteiger partial charge on any atom is 0.243 e. The highest BCUT2D eigenvalue weighted by molar-refractivity contribution is 7.91. The first kappa shape index (κ1) is 17.7. The molecule has 2 fully saturated rings. The molecule has 0 amide bonds. The molecule has 0 saturated carbocycles. The van der Waals surface area contributed by atoms with E-state index in [1.807, 2.05) is 0 Å². The summed E-state index contributed by atoms with van der Waals surface area (Å²) in [5.74, 6) is 1.04. The molecule has 0 aromatic heterocycles. The second kappa shape index (κ2) is 6.62. The maximum atomic E-state index is 12.7. The molecule has 3 rings (SSSR count). The van der Waals surface area contributed by atoms with E-state index in [0.29, 0.717) is 38.3 Å². The Morgan fingerprint density at radius 2 is 1.71 bits per heavy atom. The molecule has 1 atom stereocenters. The van der Waals surface area contributed by atoms with Crippen LogP contribution in [-0.4, -0.2) is 76.9 Å². The highest BCUT2D eigenvalue weighted by Crippen LogP contribution is 2.23. The van der Waals surface area contributed by atoms with E-state index in [0.717, 1.165) is 0 Å². The maximum absolute atomic E-state index is 12.7. The van der Waals surface area contributed by atoms with Crippen molar-refractivity contribution in [2.75, 3.05) is 44.8 Å². The Morgan fingerprint density at radius 1 is 1.08 bits per heavy atom. The Balaban J connectivity index is 1.65. The predicted octanol–water partition coefficient (Wildman–Crippen LogP) is 0.189. The molecule has 2 aliphatic rings. The van der Waals surface area contributed by atoms with Crippen molar-refractivity contribution >= 4 is 19.9 Å². The van der Waals surface area contributed by atoms with Crippen LogP contribution in [0, 0.1) is 0 Å². The van der Waals surface area contributed by atoms with Crippen molar-refractivity contribution in [2.24, 2.45) is 0 Å². The van der Waals surface area contributed by atoms with Gasteiger partial charge in [-0.1, -0.05) is 0 Å². The van der Waals surface area contributed by atoms with Gasteiger partial charge in [-0.3, -0.25) is 4.90 Å². The average Bonchev–Trinajstić information content (AvgIpc) is 2.95. The molecule has 134 valence electrons. The molecule has 7 nitrogen and oxygen atoms in total. The number of nitrogens with zero attached hydrogens (tertiary/aromatic N) is 2. The molecular weight excluding hydrogens is 352 g/mol. The topological polar surface area (TPSA) is 84.0 Å². The summed E-state index contributed by atoms with van der Waals surface area (Å²) in [7, 11) is -4.91. The number of sulfone groups is 1. The largest absolute Gasteiger partial charge is 0.497 e. The highest BCUT2D eigenvalue weighted by Gasteiger charge is 2.36. The lowest BCUT2D eigenvalue weighted by Crippen LogP contribution is -2.52. The average molecular weight is 374 g/mol. The predicted molar refractivity (Wildman–Crippen MR) is 90.4 cm³/mol. The summed E-state index contributed by atoms with van der Waals surface area (Å²) in [6, 6.07) is 6.38. The van der Waals surface area contributed by atoms with Crippen LogP contribution in [0.2, 0.25) is 0 Å². The summed E-state index contributed by atoms with van der Waals surface area (Å²) in [6.45, 7) is 1.89. The van der Waals surface area contributed by atoms with E-state index in [2.05, 4.69) is 4.90 Å². The number of hydrogen-bond donors (Lipinski definition) is 0. The molecule has 1 aromatic rings. The zero-order valence-electron chi connectivity index (χ0n) is 13.6. The number of sulfonamides is 1. The summed E-state index contributed by atoms with van der Waals surface area (Å²) in [5.41, 5.74) is 0. The van der Waals surface area contributed by atoms with Crippen LogP contribution in [0.5, 0.6) is 5.75 Å². The first-order valence-corrected chi connectivity index (χ1v) is 11.2. The van der Waals surface area contributed by atoms with Crippen molar-refractivity contribution in [1.82, 2.24) is 9.21 Å². The number of rotatable bonds is 4. The Kier molecular flexibility index (Phi) is 4.87. The molecule has 0 radical (unpaired) electrons. The Labute approximate surface area is 143 Å². The van der Waals surface area contributed by atoms with Crippen molar-refractivity contribution < 1.29 is 21.6 Å². The van der Waals surface area contributed by atoms with E-state index in [9.17, 15) is 16.8 Å². The minimum absolute atomic E-state index is 0.0286. The van der Waals surface area contributed by atoms with Crippen molar-refractivity contribution in [2.45, 2.75) is 17.4 Å². The SMILES string of the molecule is COc1ccc(S(=O)(=O)N2CCN([C@@H]3CCS(=O)(=O)C3)CC2)cc1. The van der Waals surface area contributed by atoms with Gasteiger partial charge in [0.2, 0.25) is 10.0 Å². The lowest BCUT2D eigenvalue weighted by molar-refractivity contribution is 0.148. The van der Waals surface area contributed by atoms with Crippen molar-refractivity contribution in [3.05, 3.63) is 24.3 Å². The molecule has 24 heavy (non-hydrogen) atoms. The van der Waals surface area contributed by atoms with E-state index < -0.39 is 19.9 Å². The van der Waals surface area contributed by atoms with Gasteiger partial charge in [0, 0.05) is 32.2 Å². The van der Waals surface area contributed by atoms with Crippen LogP contribution >= 0.6 is 0 Å². The van der Waals surface area contributed by atoms with E-state index in [4.69, 9.17) is 4.74 Å². The summed E-state index contributed by atoms with van der Waals surface area (Å²) >= 11 is 0. The van der Waals surface area contributed by atoms with Gasteiger partial charge in [0.15, 0.2) is 9.84 Å². The van der Waals surface area contributed by atoms with Crippen molar-refractivity contribution in [3.8, 4) is 5.75 Å². The quantitative estimate of drug-likeness (QED) is 0.748. The van der Waals surface area contributed by atoms with Crippen LogP contribution in [0.1, 0.15) is 6.42 Å². The van der Waals surface area contributed by atoms with E-state index >= 15 is 0 Å². The van der Waals surface area contributed by atoms with Crippen molar-refractivity contribution in [3.63, 3.8) is 0 Å². The molecule has 2 saturated heterocycles. The van der Waals surface area contributed by atoms with Gasteiger partial charge >= 0.3 is 0 Å². The van der Waals surface area contributed by atoms with Gasteiger partial charge in [-0.25, -0.2) is 16.8 Å². The lowest BCUT2D eigenvalue weighted by Gasteiger charge is -2.36. The summed E-state index contributed by atoms with van der Waals surface area (Å²) in [6.07, 6.45) is 0.646. The van der Waals surface area contributed by atoms with Gasteiger partial charge < -0.3 is 4.74 Å². The van der Waals surface area contributed by atoms with E-state index in [1.165, 1.54) is 11.4 Å². The number of benzene rings is 1. The minimum Gasteiger partial charge on any atom is -0.497 e. The molecule has 0 aliphatic carbocycles. The molecule has 0 N–H and O–H groups in total. The number of ether oxygens (including phenoxy) is 1.